The van der Waals surface area contributed by atoms with Crippen LogP contribution < -0.4 is 10.1 Å². The van der Waals surface area contributed by atoms with E-state index in [0.29, 0.717) is 12.2 Å². The standard InChI is InChI=1S/C20H20N2O2S/c1-3-15-6-4-5-14(2)19(15)22-20(23)16-7-9-18(10-8-16)24-11-17-12-25-13-21-17/h4-10,12-13H,3,11H2,1-2H3,(H,22,23). The second-order valence-corrected chi connectivity index (χ2v) is 6.43. The smallest absolute Gasteiger partial charge is 0.255 e. The van der Waals surface area contributed by atoms with Gasteiger partial charge in [0, 0.05) is 16.6 Å². The van der Waals surface area contributed by atoms with E-state index in [1.807, 2.05) is 30.5 Å². The Morgan fingerprint density at radius 2 is 2.00 bits per heavy atom. The SMILES string of the molecule is CCc1cccc(C)c1NC(=O)c1ccc(OCc2cscn2)cc1. The van der Waals surface area contributed by atoms with Crippen molar-refractivity contribution < 1.29 is 9.53 Å². The topological polar surface area (TPSA) is 51.2 Å². The third-order valence-electron chi connectivity index (χ3n) is 3.97. The van der Waals surface area contributed by atoms with Gasteiger partial charge in [-0.2, -0.15) is 0 Å². The number of amides is 1. The van der Waals surface area contributed by atoms with Crippen molar-refractivity contribution in [1.82, 2.24) is 4.98 Å². The molecule has 0 saturated heterocycles. The molecule has 1 heterocycles. The van der Waals surface area contributed by atoms with E-state index in [2.05, 4.69) is 17.2 Å². The van der Waals surface area contributed by atoms with Gasteiger partial charge < -0.3 is 10.1 Å². The largest absolute Gasteiger partial charge is 0.487 e. The van der Waals surface area contributed by atoms with Gasteiger partial charge in [-0.1, -0.05) is 25.1 Å². The highest BCUT2D eigenvalue weighted by atomic mass is 32.1. The van der Waals surface area contributed by atoms with Crippen LogP contribution in [0, 0.1) is 6.92 Å². The minimum absolute atomic E-state index is 0.116. The van der Waals surface area contributed by atoms with Gasteiger partial charge in [-0.05, 0) is 48.7 Å². The Labute approximate surface area is 151 Å². The number of hydrogen-bond acceptors (Lipinski definition) is 4. The van der Waals surface area contributed by atoms with Gasteiger partial charge in [-0.15, -0.1) is 11.3 Å². The van der Waals surface area contributed by atoms with Crippen LogP contribution in [0.1, 0.15) is 34.1 Å². The number of anilines is 1. The van der Waals surface area contributed by atoms with Crippen molar-refractivity contribution in [2.24, 2.45) is 0 Å². The third kappa shape index (κ3) is 4.25. The summed E-state index contributed by atoms with van der Waals surface area (Å²) >= 11 is 1.54. The maximum atomic E-state index is 12.5. The summed E-state index contributed by atoms with van der Waals surface area (Å²) < 4.78 is 5.67. The van der Waals surface area contributed by atoms with Gasteiger partial charge in [-0.3, -0.25) is 4.79 Å². The van der Waals surface area contributed by atoms with Crippen LogP contribution in [0.5, 0.6) is 5.75 Å². The second-order valence-electron chi connectivity index (χ2n) is 5.71. The van der Waals surface area contributed by atoms with Crippen LogP contribution in [0.15, 0.2) is 53.4 Å². The highest BCUT2D eigenvalue weighted by Gasteiger charge is 2.11. The maximum absolute atomic E-state index is 12.5. The fourth-order valence-corrected chi connectivity index (χ4v) is 3.10. The molecule has 25 heavy (non-hydrogen) atoms. The summed E-state index contributed by atoms with van der Waals surface area (Å²) in [5, 5.41) is 4.99. The van der Waals surface area contributed by atoms with Crippen LogP contribution in [0.25, 0.3) is 0 Å². The number of aromatic nitrogens is 1. The molecule has 5 heteroatoms. The van der Waals surface area contributed by atoms with Crippen LogP contribution in [-0.4, -0.2) is 10.9 Å². The van der Waals surface area contributed by atoms with Crippen molar-refractivity contribution in [1.29, 1.82) is 0 Å². The summed E-state index contributed by atoms with van der Waals surface area (Å²) in [5.74, 6) is 0.602. The predicted octanol–water partition coefficient (Wildman–Crippen LogP) is 4.85. The number of hydrogen-bond donors (Lipinski definition) is 1. The van der Waals surface area contributed by atoms with E-state index in [9.17, 15) is 4.79 Å². The van der Waals surface area contributed by atoms with E-state index in [0.717, 1.165) is 34.7 Å². The molecule has 128 valence electrons. The zero-order valence-corrected chi connectivity index (χ0v) is 15.1. The zero-order valence-electron chi connectivity index (χ0n) is 14.3. The van der Waals surface area contributed by atoms with Gasteiger partial charge in [0.2, 0.25) is 0 Å². The van der Waals surface area contributed by atoms with Crippen molar-refractivity contribution >= 4 is 22.9 Å². The number of benzene rings is 2. The third-order valence-corrected chi connectivity index (χ3v) is 4.60. The fourth-order valence-electron chi connectivity index (χ4n) is 2.56. The molecule has 0 saturated carbocycles. The van der Waals surface area contributed by atoms with Gasteiger partial charge in [0.15, 0.2) is 0 Å². The van der Waals surface area contributed by atoms with Gasteiger partial charge in [0.05, 0.1) is 11.2 Å². The molecule has 0 bridgehead atoms. The molecule has 0 unspecified atom stereocenters. The summed E-state index contributed by atoms with van der Waals surface area (Å²) in [6.45, 7) is 4.52. The van der Waals surface area contributed by atoms with Crippen molar-refractivity contribution in [3.8, 4) is 5.75 Å². The molecule has 3 aromatic rings. The number of carbonyl (C=O) groups is 1. The second kappa shape index (κ2) is 7.94. The molecule has 0 aliphatic carbocycles. The fraction of sp³-hybridized carbons (Fsp3) is 0.200. The van der Waals surface area contributed by atoms with Crippen LogP contribution in [0.2, 0.25) is 0 Å². The van der Waals surface area contributed by atoms with Crippen molar-refractivity contribution in [2.75, 3.05) is 5.32 Å². The van der Waals surface area contributed by atoms with E-state index in [1.165, 1.54) is 0 Å². The van der Waals surface area contributed by atoms with Crippen LogP contribution in [0.3, 0.4) is 0 Å². The molecule has 1 aromatic heterocycles. The van der Waals surface area contributed by atoms with Crippen LogP contribution in [-0.2, 0) is 13.0 Å². The van der Waals surface area contributed by atoms with Gasteiger partial charge in [0.1, 0.15) is 12.4 Å². The Hall–Kier alpha value is -2.66. The van der Waals surface area contributed by atoms with Gasteiger partial charge in [-0.25, -0.2) is 4.98 Å². The zero-order chi connectivity index (χ0) is 17.6. The Morgan fingerprint density at radius 1 is 1.20 bits per heavy atom. The summed E-state index contributed by atoms with van der Waals surface area (Å²) in [6.07, 6.45) is 0.876. The summed E-state index contributed by atoms with van der Waals surface area (Å²) in [6, 6.07) is 13.2. The van der Waals surface area contributed by atoms with Crippen molar-refractivity contribution in [2.45, 2.75) is 26.9 Å². The molecular formula is C20H20N2O2S. The Kier molecular flexibility index (Phi) is 5.46. The number of thiazole rings is 1. The first kappa shape index (κ1) is 17.2. The number of aryl methyl sites for hydroxylation is 2. The van der Waals surface area contributed by atoms with E-state index >= 15 is 0 Å². The number of nitrogens with zero attached hydrogens (tertiary/aromatic N) is 1. The van der Waals surface area contributed by atoms with E-state index < -0.39 is 0 Å². The van der Waals surface area contributed by atoms with Gasteiger partial charge in [0.25, 0.3) is 5.91 Å². The average molecular weight is 352 g/mol. The lowest BCUT2D eigenvalue weighted by atomic mass is 10.1. The predicted molar refractivity (Wildman–Crippen MR) is 101 cm³/mol. The Balaban J connectivity index is 1.67. The van der Waals surface area contributed by atoms with Crippen LogP contribution in [0.4, 0.5) is 5.69 Å². The van der Waals surface area contributed by atoms with E-state index in [-0.39, 0.29) is 5.91 Å². The minimum Gasteiger partial charge on any atom is -0.487 e. The number of rotatable bonds is 6. The maximum Gasteiger partial charge on any atom is 0.255 e. The van der Waals surface area contributed by atoms with E-state index in [1.54, 1.807) is 41.1 Å². The molecule has 0 radical (unpaired) electrons. The molecule has 1 N–H and O–H groups in total. The Morgan fingerprint density at radius 3 is 2.68 bits per heavy atom. The average Bonchev–Trinajstić information content (AvgIpc) is 3.15. The monoisotopic (exact) mass is 352 g/mol. The quantitative estimate of drug-likeness (QED) is 0.690. The van der Waals surface area contributed by atoms with E-state index in [4.69, 9.17) is 4.74 Å². The first-order valence-corrected chi connectivity index (χ1v) is 9.11. The lowest BCUT2D eigenvalue weighted by Crippen LogP contribution is -2.14. The summed E-state index contributed by atoms with van der Waals surface area (Å²) in [4.78, 5) is 16.7. The Bertz CT molecular complexity index is 843. The lowest BCUT2D eigenvalue weighted by molar-refractivity contribution is 0.102. The highest BCUT2D eigenvalue weighted by molar-refractivity contribution is 7.07. The molecule has 0 spiro atoms. The number of para-hydroxylation sites is 1. The number of ether oxygens (including phenoxy) is 1. The van der Waals surface area contributed by atoms with Gasteiger partial charge >= 0.3 is 0 Å². The number of carbonyl (C=O) groups excluding carboxylic acids is 1. The summed E-state index contributed by atoms with van der Waals surface area (Å²) in [5.41, 5.74) is 6.39. The normalized spacial score (nSPS) is 10.5. The molecule has 2 aromatic carbocycles. The summed E-state index contributed by atoms with van der Waals surface area (Å²) in [7, 11) is 0. The molecule has 0 aliphatic heterocycles. The van der Waals surface area contributed by atoms with Crippen molar-refractivity contribution in [3.63, 3.8) is 0 Å². The first-order valence-electron chi connectivity index (χ1n) is 8.17. The van der Waals surface area contributed by atoms with Crippen molar-refractivity contribution in [3.05, 3.63) is 75.7 Å². The molecule has 0 fully saturated rings. The lowest BCUT2D eigenvalue weighted by Gasteiger charge is -2.13. The molecular weight excluding hydrogens is 332 g/mol. The molecule has 4 nitrogen and oxygen atoms in total. The number of nitrogens with one attached hydrogen (secondary N) is 1. The minimum atomic E-state index is -0.116. The molecule has 3 rings (SSSR count). The van der Waals surface area contributed by atoms with Crippen LogP contribution >= 0.6 is 11.3 Å². The highest BCUT2D eigenvalue weighted by Crippen LogP contribution is 2.22. The molecule has 1 amide bonds. The molecule has 0 atom stereocenters. The molecule has 0 aliphatic rings. The first-order chi connectivity index (χ1) is 12.2.